The van der Waals surface area contributed by atoms with Gasteiger partial charge in [0.1, 0.15) is 12.4 Å². The summed E-state index contributed by atoms with van der Waals surface area (Å²) in [6.45, 7) is 1.76. The summed E-state index contributed by atoms with van der Waals surface area (Å²) >= 11 is 1.23. The van der Waals surface area contributed by atoms with Crippen LogP contribution in [-0.2, 0) is 9.53 Å². The van der Waals surface area contributed by atoms with Crippen LogP contribution >= 0.6 is 11.3 Å². The second kappa shape index (κ2) is 6.64. The Morgan fingerprint density at radius 2 is 2.19 bits per heavy atom. The summed E-state index contributed by atoms with van der Waals surface area (Å²) in [5.74, 6) is -1.66. The van der Waals surface area contributed by atoms with Crippen LogP contribution in [0.1, 0.15) is 15.2 Å². The zero-order valence-corrected chi connectivity index (χ0v) is 12.1. The number of nitrogens with one attached hydrogen (secondary N) is 1. The Labute approximate surface area is 124 Å². The topological polar surface area (TPSA) is 75.6 Å². The van der Waals surface area contributed by atoms with Crippen molar-refractivity contribution in [3.63, 3.8) is 0 Å². The summed E-state index contributed by atoms with van der Waals surface area (Å²) in [6, 6.07) is 4.42. The van der Waals surface area contributed by atoms with Gasteiger partial charge in [-0.05, 0) is 30.0 Å². The zero-order valence-electron chi connectivity index (χ0n) is 11.3. The SMILES string of the molecule is Cc1c(C(=O)NCCOCC(=O)O)sc2cc(F)ccc12. The maximum absolute atomic E-state index is 13.2. The largest absolute Gasteiger partial charge is 0.480 e. The summed E-state index contributed by atoms with van der Waals surface area (Å²) in [5, 5.41) is 11.9. The van der Waals surface area contributed by atoms with Crippen LogP contribution in [0, 0.1) is 12.7 Å². The number of carboxylic acids is 1. The molecule has 0 bridgehead atoms. The fraction of sp³-hybridized carbons (Fsp3) is 0.286. The molecule has 0 fully saturated rings. The maximum atomic E-state index is 13.2. The molecule has 112 valence electrons. The normalized spacial score (nSPS) is 10.8. The van der Waals surface area contributed by atoms with Gasteiger partial charge >= 0.3 is 5.97 Å². The van der Waals surface area contributed by atoms with Crippen molar-refractivity contribution < 1.29 is 23.8 Å². The highest BCUT2D eigenvalue weighted by atomic mass is 32.1. The van der Waals surface area contributed by atoms with Crippen LogP contribution < -0.4 is 5.32 Å². The van der Waals surface area contributed by atoms with E-state index in [-0.39, 0.29) is 24.9 Å². The number of halogens is 1. The van der Waals surface area contributed by atoms with Crippen molar-refractivity contribution in [1.82, 2.24) is 5.32 Å². The lowest BCUT2D eigenvalue weighted by atomic mass is 10.1. The molecule has 1 heterocycles. The van der Waals surface area contributed by atoms with Crippen LogP contribution in [0.4, 0.5) is 4.39 Å². The first-order valence-corrected chi connectivity index (χ1v) is 7.07. The van der Waals surface area contributed by atoms with Gasteiger partial charge in [-0.1, -0.05) is 6.07 Å². The Kier molecular flexibility index (Phi) is 4.87. The number of ether oxygens (including phenoxy) is 1. The quantitative estimate of drug-likeness (QED) is 0.802. The highest BCUT2D eigenvalue weighted by Crippen LogP contribution is 2.31. The van der Waals surface area contributed by atoms with E-state index in [1.807, 2.05) is 6.92 Å². The van der Waals surface area contributed by atoms with Crippen LogP contribution in [0.5, 0.6) is 0 Å². The van der Waals surface area contributed by atoms with Gasteiger partial charge in [-0.2, -0.15) is 0 Å². The molecule has 0 aliphatic heterocycles. The number of carboxylic acid groups (broad SMARTS) is 1. The predicted molar refractivity (Wildman–Crippen MR) is 77.3 cm³/mol. The minimum Gasteiger partial charge on any atom is -0.480 e. The van der Waals surface area contributed by atoms with Gasteiger partial charge in [-0.25, -0.2) is 9.18 Å². The molecule has 7 heteroatoms. The second-order valence-corrected chi connectivity index (χ2v) is 5.45. The lowest BCUT2D eigenvalue weighted by Crippen LogP contribution is -2.27. The maximum Gasteiger partial charge on any atom is 0.329 e. The van der Waals surface area contributed by atoms with Gasteiger partial charge < -0.3 is 15.2 Å². The number of rotatable bonds is 6. The summed E-state index contributed by atoms with van der Waals surface area (Å²) in [6.07, 6.45) is 0. The van der Waals surface area contributed by atoms with Gasteiger partial charge in [-0.15, -0.1) is 11.3 Å². The summed E-state index contributed by atoms with van der Waals surface area (Å²) in [7, 11) is 0. The van der Waals surface area contributed by atoms with Crippen LogP contribution in [0.25, 0.3) is 10.1 Å². The molecule has 0 radical (unpaired) electrons. The molecule has 21 heavy (non-hydrogen) atoms. The molecule has 0 saturated carbocycles. The average Bonchev–Trinajstić information content (AvgIpc) is 2.74. The Hall–Kier alpha value is -1.99. The number of carbonyl (C=O) groups is 2. The first-order valence-electron chi connectivity index (χ1n) is 6.25. The molecule has 1 aromatic heterocycles. The number of aryl methyl sites for hydroxylation is 1. The van der Waals surface area contributed by atoms with Crippen LogP contribution in [-0.4, -0.2) is 36.7 Å². The molecule has 1 aromatic carbocycles. The first kappa shape index (κ1) is 15.4. The van der Waals surface area contributed by atoms with Gasteiger partial charge in [0.25, 0.3) is 5.91 Å². The monoisotopic (exact) mass is 311 g/mol. The summed E-state index contributed by atoms with van der Waals surface area (Å²) in [4.78, 5) is 22.8. The van der Waals surface area contributed by atoms with Gasteiger partial charge in [0.15, 0.2) is 0 Å². The van der Waals surface area contributed by atoms with E-state index in [9.17, 15) is 14.0 Å². The van der Waals surface area contributed by atoms with Crippen molar-refractivity contribution in [2.75, 3.05) is 19.8 Å². The van der Waals surface area contributed by atoms with Gasteiger partial charge in [-0.3, -0.25) is 4.79 Å². The predicted octanol–water partition coefficient (Wildman–Crippen LogP) is 2.18. The second-order valence-electron chi connectivity index (χ2n) is 4.40. The smallest absolute Gasteiger partial charge is 0.329 e. The van der Waals surface area contributed by atoms with E-state index in [1.54, 1.807) is 6.07 Å². The molecular weight excluding hydrogens is 297 g/mol. The fourth-order valence-electron chi connectivity index (χ4n) is 1.89. The number of fused-ring (bicyclic) bond motifs is 1. The van der Waals surface area contributed by atoms with Crippen molar-refractivity contribution in [1.29, 1.82) is 0 Å². The number of benzene rings is 1. The molecule has 0 unspecified atom stereocenters. The Morgan fingerprint density at radius 3 is 2.90 bits per heavy atom. The van der Waals surface area contributed by atoms with Gasteiger partial charge in [0.05, 0.1) is 11.5 Å². The van der Waals surface area contributed by atoms with E-state index in [2.05, 4.69) is 5.32 Å². The van der Waals surface area contributed by atoms with Crippen molar-refractivity contribution in [3.8, 4) is 0 Å². The van der Waals surface area contributed by atoms with Crippen LogP contribution in [0.2, 0.25) is 0 Å². The van der Waals surface area contributed by atoms with E-state index in [0.717, 1.165) is 15.6 Å². The molecule has 1 amide bonds. The van der Waals surface area contributed by atoms with Crippen molar-refractivity contribution >= 4 is 33.3 Å². The molecule has 2 aromatic rings. The summed E-state index contributed by atoms with van der Waals surface area (Å²) < 4.78 is 18.7. The van der Waals surface area contributed by atoms with E-state index in [4.69, 9.17) is 9.84 Å². The lowest BCUT2D eigenvalue weighted by molar-refractivity contribution is -0.142. The standard InChI is InChI=1S/C14H14FNO4S/c1-8-10-3-2-9(15)6-11(10)21-13(8)14(19)16-4-5-20-7-12(17)18/h2-3,6H,4-5,7H2,1H3,(H,16,19)(H,17,18). The molecule has 0 aliphatic carbocycles. The van der Waals surface area contributed by atoms with E-state index in [1.165, 1.54) is 23.5 Å². The van der Waals surface area contributed by atoms with Crippen molar-refractivity contribution in [2.45, 2.75) is 6.92 Å². The van der Waals surface area contributed by atoms with E-state index >= 15 is 0 Å². The molecule has 0 saturated heterocycles. The van der Waals surface area contributed by atoms with Gasteiger partial charge in [0.2, 0.25) is 0 Å². The number of hydrogen-bond acceptors (Lipinski definition) is 4. The van der Waals surface area contributed by atoms with E-state index < -0.39 is 12.6 Å². The summed E-state index contributed by atoms with van der Waals surface area (Å²) in [5.41, 5.74) is 0.805. The highest BCUT2D eigenvalue weighted by Gasteiger charge is 2.15. The average molecular weight is 311 g/mol. The third-order valence-electron chi connectivity index (χ3n) is 2.86. The van der Waals surface area contributed by atoms with Gasteiger partial charge in [0, 0.05) is 11.2 Å². The van der Waals surface area contributed by atoms with Crippen LogP contribution in [0.15, 0.2) is 18.2 Å². The minimum absolute atomic E-state index is 0.122. The molecular formula is C14H14FNO4S. The third kappa shape index (κ3) is 3.77. The minimum atomic E-state index is -1.05. The highest BCUT2D eigenvalue weighted by molar-refractivity contribution is 7.21. The lowest BCUT2D eigenvalue weighted by Gasteiger charge is -2.04. The molecule has 0 atom stereocenters. The van der Waals surface area contributed by atoms with Crippen LogP contribution in [0.3, 0.4) is 0 Å². The Morgan fingerprint density at radius 1 is 1.43 bits per heavy atom. The number of thiophene rings is 1. The Balaban J connectivity index is 1.99. The number of carbonyl (C=O) groups excluding carboxylic acids is 1. The number of amides is 1. The third-order valence-corrected chi connectivity index (χ3v) is 4.12. The van der Waals surface area contributed by atoms with Crippen molar-refractivity contribution in [2.24, 2.45) is 0 Å². The molecule has 0 aliphatic rings. The fourth-order valence-corrected chi connectivity index (χ4v) is 3.04. The number of hydrogen-bond donors (Lipinski definition) is 2. The van der Waals surface area contributed by atoms with E-state index in [0.29, 0.717) is 4.88 Å². The molecule has 2 rings (SSSR count). The molecule has 2 N–H and O–H groups in total. The zero-order chi connectivity index (χ0) is 15.4. The Bertz CT molecular complexity index is 683. The van der Waals surface area contributed by atoms with Crippen molar-refractivity contribution in [3.05, 3.63) is 34.5 Å². The number of aliphatic carboxylic acids is 1. The molecule has 0 spiro atoms. The first-order chi connectivity index (χ1) is 9.99. The molecule has 5 nitrogen and oxygen atoms in total.